The van der Waals surface area contributed by atoms with Crippen molar-refractivity contribution in [2.75, 3.05) is 0 Å². The van der Waals surface area contributed by atoms with Gasteiger partial charge >= 0.3 is 5.97 Å². The molecular weight excluding hydrogens is 444 g/mol. The molecule has 0 aromatic heterocycles. The summed E-state index contributed by atoms with van der Waals surface area (Å²) in [6.07, 6.45) is 1.93. The molecule has 19 heavy (non-hydrogen) atoms. The van der Waals surface area contributed by atoms with E-state index in [2.05, 4.69) is 54.4 Å². The average Bonchev–Trinajstić information content (AvgIpc) is 2.33. The molecule has 0 heterocycles. The van der Waals surface area contributed by atoms with Gasteiger partial charge < -0.3 is 9.47 Å². The van der Waals surface area contributed by atoms with E-state index in [1.807, 2.05) is 19.1 Å². The fourth-order valence-corrected chi connectivity index (χ4v) is 3.77. The average molecular weight is 457 g/mol. The molecule has 0 bridgehead atoms. The Hall–Kier alpha value is -0.330. The van der Waals surface area contributed by atoms with Crippen molar-refractivity contribution in [1.29, 1.82) is 0 Å². The topological polar surface area (TPSA) is 35.5 Å². The molecule has 0 aliphatic heterocycles. The molecule has 104 valence electrons. The molecule has 1 unspecified atom stereocenters. The standard InChI is InChI=1S/C13H13Br3O3/c1-3-5-12(18-11(17)4-2)19-13-9(15)6-8(14)7-10(13)16/h4,6-7,12H,2-3,5H2,1H3. The molecule has 0 spiro atoms. The second kappa shape index (κ2) is 8.07. The summed E-state index contributed by atoms with van der Waals surface area (Å²) in [4.78, 5) is 11.3. The summed E-state index contributed by atoms with van der Waals surface area (Å²) in [6.45, 7) is 5.36. The Morgan fingerprint density at radius 3 is 2.42 bits per heavy atom. The minimum Gasteiger partial charge on any atom is -0.452 e. The van der Waals surface area contributed by atoms with Gasteiger partial charge in [0.2, 0.25) is 6.29 Å². The zero-order valence-electron chi connectivity index (χ0n) is 10.3. The Morgan fingerprint density at radius 2 is 1.95 bits per heavy atom. The number of ether oxygens (including phenoxy) is 2. The van der Waals surface area contributed by atoms with Crippen LogP contribution in [-0.2, 0) is 9.53 Å². The number of carbonyl (C=O) groups is 1. The third-order valence-corrected chi connectivity index (χ3v) is 3.79. The molecule has 0 saturated carbocycles. The van der Waals surface area contributed by atoms with Crippen molar-refractivity contribution < 1.29 is 14.3 Å². The normalized spacial score (nSPS) is 11.8. The summed E-state index contributed by atoms with van der Waals surface area (Å²) in [5.41, 5.74) is 0. The first-order valence-corrected chi connectivity index (χ1v) is 8.00. The summed E-state index contributed by atoms with van der Waals surface area (Å²) < 4.78 is 13.3. The van der Waals surface area contributed by atoms with E-state index in [1.165, 1.54) is 0 Å². The molecule has 0 amide bonds. The van der Waals surface area contributed by atoms with E-state index in [4.69, 9.17) is 9.47 Å². The molecule has 1 rings (SSSR count). The van der Waals surface area contributed by atoms with E-state index in [9.17, 15) is 4.79 Å². The number of halogens is 3. The van der Waals surface area contributed by atoms with Crippen LogP contribution in [0.2, 0.25) is 0 Å². The Morgan fingerprint density at radius 1 is 1.37 bits per heavy atom. The summed E-state index contributed by atoms with van der Waals surface area (Å²) in [5.74, 6) is 0.0984. The predicted molar refractivity (Wildman–Crippen MR) is 85.2 cm³/mol. The number of hydrogen-bond acceptors (Lipinski definition) is 3. The zero-order chi connectivity index (χ0) is 14.4. The minimum atomic E-state index is -0.635. The van der Waals surface area contributed by atoms with E-state index in [0.717, 1.165) is 25.9 Å². The first-order chi connectivity index (χ1) is 8.97. The quantitative estimate of drug-likeness (QED) is 0.335. The van der Waals surface area contributed by atoms with Gasteiger partial charge in [0.1, 0.15) is 0 Å². The van der Waals surface area contributed by atoms with Gasteiger partial charge in [0, 0.05) is 17.0 Å². The minimum absolute atomic E-state index is 0.497. The van der Waals surface area contributed by atoms with Crippen molar-refractivity contribution in [3.8, 4) is 5.75 Å². The van der Waals surface area contributed by atoms with Crippen molar-refractivity contribution in [3.63, 3.8) is 0 Å². The van der Waals surface area contributed by atoms with E-state index in [-0.39, 0.29) is 0 Å². The van der Waals surface area contributed by atoms with Crippen LogP contribution >= 0.6 is 47.8 Å². The van der Waals surface area contributed by atoms with Gasteiger partial charge in [-0.3, -0.25) is 0 Å². The lowest BCUT2D eigenvalue weighted by Crippen LogP contribution is -2.23. The smallest absolute Gasteiger partial charge is 0.333 e. The maximum Gasteiger partial charge on any atom is 0.333 e. The number of benzene rings is 1. The number of esters is 1. The number of carbonyl (C=O) groups excluding carboxylic acids is 1. The van der Waals surface area contributed by atoms with Crippen LogP contribution in [0, 0.1) is 0 Å². The number of hydrogen-bond donors (Lipinski definition) is 0. The number of rotatable bonds is 6. The highest BCUT2D eigenvalue weighted by Crippen LogP contribution is 2.37. The first-order valence-electron chi connectivity index (χ1n) is 5.62. The Kier molecular flexibility index (Phi) is 7.10. The summed E-state index contributed by atoms with van der Waals surface area (Å²) in [7, 11) is 0. The van der Waals surface area contributed by atoms with E-state index >= 15 is 0 Å². The van der Waals surface area contributed by atoms with Crippen molar-refractivity contribution in [3.05, 3.63) is 38.2 Å². The van der Waals surface area contributed by atoms with Gasteiger partial charge in [0.05, 0.1) is 8.95 Å². The Balaban J connectivity index is 2.90. The van der Waals surface area contributed by atoms with Gasteiger partial charge in [0.15, 0.2) is 5.75 Å². The predicted octanol–water partition coefficient (Wildman–Crippen LogP) is 5.21. The van der Waals surface area contributed by atoms with Gasteiger partial charge in [0.25, 0.3) is 0 Å². The summed E-state index contributed by atoms with van der Waals surface area (Å²) in [6, 6.07) is 3.72. The third kappa shape index (κ3) is 5.28. The molecule has 0 aliphatic carbocycles. The highest BCUT2D eigenvalue weighted by molar-refractivity contribution is 9.11. The van der Waals surface area contributed by atoms with Crippen molar-refractivity contribution in [2.45, 2.75) is 26.1 Å². The largest absolute Gasteiger partial charge is 0.452 e. The molecule has 0 fully saturated rings. The van der Waals surface area contributed by atoms with Crippen LogP contribution in [0.3, 0.4) is 0 Å². The SMILES string of the molecule is C=CC(=O)OC(CCC)Oc1c(Br)cc(Br)cc1Br. The Labute approximate surface area is 137 Å². The van der Waals surface area contributed by atoms with Gasteiger partial charge in [-0.2, -0.15) is 0 Å². The van der Waals surface area contributed by atoms with Crippen LogP contribution in [0.4, 0.5) is 0 Å². The fraction of sp³-hybridized carbons (Fsp3) is 0.308. The fourth-order valence-electron chi connectivity index (χ4n) is 1.33. The van der Waals surface area contributed by atoms with Crippen molar-refractivity contribution in [1.82, 2.24) is 0 Å². The highest BCUT2D eigenvalue weighted by Gasteiger charge is 2.17. The molecular formula is C13H13Br3O3. The van der Waals surface area contributed by atoms with Gasteiger partial charge in [-0.1, -0.05) is 29.4 Å². The molecule has 6 heteroatoms. The second-order valence-corrected chi connectivity index (χ2v) is 6.30. The molecule has 3 nitrogen and oxygen atoms in total. The molecule has 1 aromatic carbocycles. The maximum atomic E-state index is 11.3. The lowest BCUT2D eigenvalue weighted by atomic mass is 10.3. The van der Waals surface area contributed by atoms with Crippen LogP contribution < -0.4 is 4.74 Å². The van der Waals surface area contributed by atoms with Crippen LogP contribution in [0.1, 0.15) is 19.8 Å². The molecule has 0 N–H and O–H groups in total. The second-order valence-electron chi connectivity index (χ2n) is 3.68. The monoisotopic (exact) mass is 454 g/mol. The first kappa shape index (κ1) is 16.7. The lowest BCUT2D eigenvalue weighted by molar-refractivity contribution is -0.158. The summed E-state index contributed by atoms with van der Waals surface area (Å²) >= 11 is 10.2. The van der Waals surface area contributed by atoms with Gasteiger partial charge in [-0.05, 0) is 50.4 Å². The van der Waals surface area contributed by atoms with Crippen LogP contribution in [-0.4, -0.2) is 12.3 Å². The molecule has 1 atom stereocenters. The van der Waals surface area contributed by atoms with Crippen LogP contribution in [0.25, 0.3) is 0 Å². The molecule has 1 aromatic rings. The Bertz CT molecular complexity index is 451. The summed E-state index contributed by atoms with van der Waals surface area (Å²) in [5, 5.41) is 0. The van der Waals surface area contributed by atoms with E-state index < -0.39 is 12.3 Å². The van der Waals surface area contributed by atoms with Crippen molar-refractivity contribution in [2.24, 2.45) is 0 Å². The zero-order valence-corrected chi connectivity index (χ0v) is 15.0. The van der Waals surface area contributed by atoms with Gasteiger partial charge in [-0.25, -0.2) is 4.79 Å². The van der Waals surface area contributed by atoms with Crippen LogP contribution in [0.15, 0.2) is 38.2 Å². The van der Waals surface area contributed by atoms with E-state index in [1.54, 1.807) is 0 Å². The molecule has 0 saturated heterocycles. The highest BCUT2D eigenvalue weighted by atomic mass is 79.9. The molecule has 0 radical (unpaired) electrons. The van der Waals surface area contributed by atoms with E-state index in [0.29, 0.717) is 12.2 Å². The maximum absolute atomic E-state index is 11.3. The van der Waals surface area contributed by atoms with Crippen LogP contribution in [0.5, 0.6) is 5.75 Å². The molecule has 0 aliphatic rings. The third-order valence-electron chi connectivity index (χ3n) is 2.15. The lowest BCUT2D eigenvalue weighted by Gasteiger charge is -2.20. The van der Waals surface area contributed by atoms with Gasteiger partial charge in [-0.15, -0.1) is 0 Å². The van der Waals surface area contributed by atoms with Crippen molar-refractivity contribution >= 4 is 53.8 Å².